The van der Waals surface area contributed by atoms with Crippen LogP contribution in [0.25, 0.3) is 10.2 Å². The molecule has 0 aliphatic carbocycles. The van der Waals surface area contributed by atoms with E-state index in [4.69, 9.17) is 4.98 Å². The average Bonchev–Trinajstić information content (AvgIpc) is 3.37. The molecule has 2 aromatic carbocycles. The Kier molecular flexibility index (Phi) is 6.16. The fourth-order valence-corrected chi connectivity index (χ4v) is 7.03. The first-order valence-corrected chi connectivity index (χ1v) is 14.0. The lowest BCUT2D eigenvalue weighted by atomic mass is 9.96. The predicted molar refractivity (Wildman–Crippen MR) is 135 cm³/mol. The molecule has 0 spiro atoms. The number of carbonyl (C=O) groups is 1. The van der Waals surface area contributed by atoms with Gasteiger partial charge in [0, 0.05) is 24.6 Å². The number of nitrogens with zero attached hydrogens (tertiary/aromatic N) is 3. The van der Waals surface area contributed by atoms with Crippen LogP contribution in [0.5, 0.6) is 0 Å². The van der Waals surface area contributed by atoms with Gasteiger partial charge < -0.3 is 4.90 Å². The van der Waals surface area contributed by atoms with Gasteiger partial charge in [-0.3, -0.25) is 14.5 Å². The molecule has 0 unspecified atom stereocenters. The molecule has 0 bridgehead atoms. The van der Waals surface area contributed by atoms with Gasteiger partial charge in [-0.15, -0.1) is 11.3 Å². The Morgan fingerprint density at radius 2 is 1.97 bits per heavy atom. The number of nitrogens with one attached hydrogen (secondary N) is 1. The minimum Gasteiger partial charge on any atom is -0.340 e. The van der Waals surface area contributed by atoms with Gasteiger partial charge in [0.15, 0.2) is 0 Å². The first kappa shape index (κ1) is 23.0. The number of benzene rings is 2. The van der Waals surface area contributed by atoms with E-state index in [1.165, 1.54) is 0 Å². The molecule has 7 nitrogen and oxygen atoms in total. The third-order valence-corrected chi connectivity index (χ3v) is 8.92. The topological polar surface area (TPSA) is 91.7 Å². The highest BCUT2D eigenvalue weighted by Crippen LogP contribution is 2.33. The van der Waals surface area contributed by atoms with Crippen LogP contribution in [-0.2, 0) is 14.8 Å². The zero-order valence-corrected chi connectivity index (χ0v) is 20.9. The summed E-state index contributed by atoms with van der Waals surface area (Å²) in [6.45, 7) is 5.39. The number of carbonyl (C=O) groups excluding carboxylic acids is 1. The molecular formula is C25H28N4O3S2. The molecule has 178 valence electrons. The number of thiazole rings is 1. The van der Waals surface area contributed by atoms with Crippen LogP contribution in [0.2, 0.25) is 0 Å². The summed E-state index contributed by atoms with van der Waals surface area (Å²) in [7, 11) is -3.65. The summed E-state index contributed by atoms with van der Waals surface area (Å²) in [6, 6.07) is 14.2. The van der Waals surface area contributed by atoms with Crippen LogP contribution in [0.3, 0.4) is 0 Å². The molecule has 9 heteroatoms. The monoisotopic (exact) mass is 496 g/mol. The maximum absolute atomic E-state index is 13.7. The highest BCUT2D eigenvalue weighted by molar-refractivity contribution is 7.90. The van der Waals surface area contributed by atoms with Gasteiger partial charge in [-0.05, 0) is 49.4 Å². The van der Waals surface area contributed by atoms with Crippen LogP contribution < -0.4 is 4.72 Å². The number of aliphatic imine (C=N–C) groups is 1. The fraction of sp³-hybridized carbons (Fsp3) is 0.400. The minimum absolute atomic E-state index is 0.0457. The number of aromatic nitrogens is 1. The summed E-state index contributed by atoms with van der Waals surface area (Å²) >= 11 is 1.70. The molecule has 0 saturated carbocycles. The molecule has 3 heterocycles. The van der Waals surface area contributed by atoms with E-state index >= 15 is 0 Å². The van der Waals surface area contributed by atoms with Crippen molar-refractivity contribution < 1.29 is 13.2 Å². The van der Waals surface area contributed by atoms with Gasteiger partial charge in [0.1, 0.15) is 11.9 Å². The Labute approximate surface area is 204 Å². The zero-order valence-electron chi connectivity index (χ0n) is 19.3. The summed E-state index contributed by atoms with van der Waals surface area (Å²) in [6.07, 6.45) is 2.46. The Hall–Kier alpha value is -2.78. The number of amidine groups is 1. The van der Waals surface area contributed by atoms with Gasteiger partial charge in [-0.1, -0.05) is 38.1 Å². The summed E-state index contributed by atoms with van der Waals surface area (Å²) < 4.78 is 28.8. The predicted octanol–water partition coefficient (Wildman–Crippen LogP) is 4.16. The van der Waals surface area contributed by atoms with Crippen molar-refractivity contribution in [2.75, 3.05) is 13.1 Å². The third-order valence-electron chi connectivity index (χ3n) is 6.32. The smallest absolute Gasteiger partial charge is 0.263 e. The van der Waals surface area contributed by atoms with Crippen molar-refractivity contribution in [3.63, 3.8) is 0 Å². The number of fused-ring (bicyclic) bond motifs is 2. The number of hydrogen-bond donors (Lipinski definition) is 1. The molecule has 3 aromatic rings. The van der Waals surface area contributed by atoms with Crippen LogP contribution in [0.1, 0.15) is 49.6 Å². The van der Waals surface area contributed by atoms with E-state index in [2.05, 4.69) is 15.8 Å². The van der Waals surface area contributed by atoms with Gasteiger partial charge >= 0.3 is 0 Å². The fourth-order valence-electron chi connectivity index (χ4n) is 4.70. The number of piperidine rings is 1. The van der Waals surface area contributed by atoms with E-state index in [0.29, 0.717) is 25.1 Å². The summed E-state index contributed by atoms with van der Waals surface area (Å²) in [5, 5.41) is 1.07. The minimum atomic E-state index is -3.65. The van der Waals surface area contributed by atoms with Gasteiger partial charge in [0.2, 0.25) is 5.91 Å². The van der Waals surface area contributed by atoms with Crippen LogP contribution >= 0.6 is 11.3 Å². The Bertz CT molecular complexity index is 1330. The first-order valence-electron chi connectivity index (χ1n) is 11.7. The number of likely N-dealkylation sites (tertiary alicyclic amines) is 1. The van der Waals surface area contributed by atoms with Gasteiger partial charge in [-0.25, -0.2) is 13.4 Å². The second-order valence-electron chi connectivity index (χ2n) is 9.37. The molecular weight excluding hydrogens is 468 g/mol. The lowest BCUT2D eigenvalue weighted by Gasteiger charge is -2.33. The van der Waals surface area contributed by atoms with E-state index in [1.54, 1.807) is 35.6 Å². The van der Waals surface area contributed by atoms with Crippen molar-refractivity contribution in [3.05, 3.63) is 59.1 Å². The Morgan fingerprint density at radius 3 is 2.76 bits per heavy atom. The van der Waals surface area contributed by atoms with E-state index < -0.39 is 16.1 Å². The molecule has 1 fully saturated rings. The number of sulfonamides is 1. The van der Waals surface area contributed by atoms with Crippen LogP contribution in [-0.4, -0.2) is 49.2 Å². The average molecular weight is 497 g/mol. The normalized spacial score (nSPS) is 21.6. The molecule has 2 aliphatic heterocycles. The van der Waals surface area contributed by atoms with Crippen molar-refractivity contribution in [1.82, 2.24) is 14.6 Å². The molecule has 1 saturated heterocycles. The summed E-state index contributed by atoms with van der Waals surface area (Å²) in [5.74, 6) is 0.648. The molecule has 5 rings (SSSR count). The summed E-state index contributed by atoms with van der Waals surface area (Å²) in [5.41, 5.74) is 1.53. The van der Waals surface area contributed by atoms with Crippen molar-refractivity contribution in [2.24, 2.45) is 10.9 Å². The quantitative estimate of drug-likeness (QED) is 0.574. The van der Waals surface area contributed by atoms with Crippen LogP contribution in [0.4, 0.5) is 0 Å². The maximum Gasteiger partial charge on any atom is 0.263 e. The van der Waals surface area contributed by atoms with Crippen molar-refractivity contribution in [2.45, 2.75) is 50.0 Å². The highest BCUT2D eigenvalue weighted by Gasteiger charge is 2.34. The van der Waals surface area contributed by atoms with Crippen molar-refractivity contribution >= 4 is 43.3 Å². The Morgan fingerprint density at radius 1 is 1.21 bits per heavy atom. The van der Waals surface area contributed by atoms with E-state index in [1.807, 2.05) is 36.9 Å². The highest BCUT2D eigenvalue weighted by atomic mass is 32.2. The SMILES string of the molecule is CC(C)C[C@H](N=C1NS(=O)(=O)c2ccccc21)C(=O)N1CCC[C@@H](c2nc3ccccc3s2)C1. The van der Waals surface area contributed by atoms with Crippen LogP contribution in [0, 0.1) is 5.92 Å². The Balaban J connectivity index is 1.40. The second kappa shape index (κ2) is 9.11. The molecule has 2 atom stereocenters. The van der Waals surface area contributed by atoms with Crippen molar-refractivity contribution in [3.8, 4) is 0 Å². The maximum atomic E-state index is 13.7. The first-order chi connectivity index (χ1) is 16.3. The van der Waals surface area contributed by atoms with Crippen LogP contribution in [0.15, 0.2) is 58.4 Å². The standard InChI is InChI=1S/C25H28N4O3S2/c1-16(2)14-20(26-23-18-9-3-6-12-22(18)34(31,32)28-23)25(30)29-13-7-8-17(15-29)24-27-19-10-4-5-11-21(19)33-24/h3-6,9-12,16-17,20H,7-8,13-15H2,1-2H3,(H,26,28)/t17-,20+/m1/s1. The van der Waals surface area contributed by atoms with Gasteiger partial charge in [0.05, 0.1) is 20.1 Å². The molecule has 1 N–H and O–H groups in total. The largest absolute Gasteiger partial charge is 0.340 e. The summed E-state index contributed by atoms with van der Waals surface area (Å²) in [4.78, 5) is 25.3. The van der Waals surface area contributed by atoms with Gasteiger partial charge in [-0.2, -0.15) is 0 Å². The molecule has 34 heavy (non-hydrogen) atoms. The number of para-hydroxylation sites is 1. The van der Waals surface area contributed by atoms with Gasteiger partial charge in [0.25, 0.3) is 10.0 Å². The molecule has 0 radical (unpaired) electrons. The van der Waals surface area contributed by atoms with Crippen molar-refractivity contribution in [1.29, 1.82) is 0 Å². The number of amides is 1. The second-order valence-corrected chi connectivity index (χ2v) is 12.1. The van der Waals surface area contributed by atoms with E-state index in [9.17, 15) is 13.2 Å². The third kappa shape index (κ3) is 4.46. The molecule has 1 amide bonds. The number of hydrogen-bond acceptors (Lipinski definition) is 6. The number of rotatable bonds is 5. The van der Waals surface area contributed by atoms with E-state index in [0.717, 1.165) is 28.1 Å². The lowest BCUT2D eigenvalue weighted by molar-refractivity contribution is -0.134. The lowest BCUT2D eigenvalue weighted by Crippen LogP contribution is -2.44. The van der Waals surface area contributed by atoms with E-state index in [-0.39, 0.29) is 28.5 Å². The molecule has 1 aromatic heterocycles. The zero-order chi connectivity index (χ0) is 23.9. The molecule has 2 aliphatic rings.